The number of carbonyl (C=O) groups is 1. The number of nitrogens with zero attached hydrogens (tertiary/aromatic N) is 3. The van der Waals surface area contributed by atoms with Crippen LogP contribution in [-0.2, 0) is 13.0 Å². The molecule has 2 heterocycles. The Morgan fingerprint density at radius 1 is 1.26 bits per heavy atom. The van der Waals surface area contributed by atoms with Crippen LogP contribution in [0.15, 0.2) is 35.1 Å². The zero-order valence-corrected chi connectivity index (χ0v) is 19.5. The summed E-state index contributed by atoms with van der Waals surface area (Å²) in [6, 6.07) is 6.45. The number of nitrogens with one attached hydrogen (secondary N) is 1. The lowest BCUT2D eigenvalue weighted by Gasteiger charge is -2.21. The van der Waals surface area contributed by atoms with Crippen LogP contribution in [0.5, 0.6) is 5.75 Å². The zero-order chi connectivity index (χ0) is 25.5. The molecule has 1 aromatic heterocycles. The number of aromatic nitrogens is 3. The first kappa shape index (κ1) is 24.8. The van der Waals surface area contributed by atoms with Gasteiger partial charge < -0.3 is 10.1 Å². The summed E-state index contributed by atoms with van der Waals surface area (Å²) in [5, 5.41) is 6.84. The molecule has 1 aliphatic rings. The quantitative estimate of drug-likeness (QED) is 0.485. The van der Waals surface area contributed by atoms with Gasteiger partial charge >= 0.3 is 11.9 Å². The Kier molecular flexibility index (Phi) is 6.63. The first-order chi connectivity index (χ1) is 16.5. The fourth-order valence-electron chi connectivity index (χ4n) is 3.76. The van der Waals surface area contributed by atoms with E-state index in [1.54, 1.807) is 19.1 Å². The molecule has 0 unspecified atom stereocenters. The maximum Gasteiger partial charge on any atom is 0.425 e. The van der Waals surface area contributed by atoms with Gasteiger partial charge in [-0.25, -0.2) is 9.18 Å². The van der Waals surface area contributed by atoms with Gasteiger partial charge in [-0.05, 0) is 44.4 Å². The fraction of sp³-hybridized carbons (Fsp3) is 0.348. The first-order valence-electron chi connectivity index (χ1n) is 10.8. The Hall–Kier alpha value is -3.34. The van der Waals surface area contributed by atoms with E-state index >= 15 is 4.39 Å². The summed E-state index contributed by atoms with van der Waals surface area (Å²) in [5.41, 5.74) is -0.747. The summed E-state index contributed by atoms with van der Waals surface area (Å²) in [4.78, 5) is 25.8. The number of rotatable bonds is 5. The van der Waals surface area contributed by atoms with E-state index in [0.29, 0.717) is 24.4 Å². The van der Waals surface area contributed by atoms with Crippen LogP contribution < -0.4 is 15.7 Å². The number of anilines is 1. The van der Waals surface area contributed by atoms with Gasteiger partial charge in [0, 0.05) is 19.0 Å². The number of halogens is 5. The third-order valence-electron chi connectivity index (χ3n) is 5.72. The number of aryl methyl sites for hydroxylation is 2. The van der Waals surface area contributed by atoms with Crippen LogP contribution in [0, 0.1) is 12.7 Å². The molecule has 0 bridgehead atoms. The highest BCUT2D eigenvalue weighted by atomic mass is 35.5. The second kappa shape index (κ2) is 9.37. The predicted octanol–water partition coefficient (Wildman–Crippen LogP) is 5.05. The molecule has 1 atom stereocenters. The monoisotopic (exact) mass is 512 g/mol. The molecule has 0 radical (unpaired) electrons. The molecule has 3 aromatic rings. The van der Waals surface area contributed by atoms with Gasteiger partial charge in [-0.2, -0.15) is 17.9 Å². The van der Waals surface area contributed by atoms with Gasteiger partial charge in [-0.3, -0.25) is 9.36 Å². The molecular formula is C23H21ClF4N4O3. The van der Waals surface area contributed by atoms with Crippen molar-refractivity contribution >= 4 is 23.2 Å². The van der Waals surface area contributed by atoms with Crippen molar-refractivity contribution in [3.63, 3.8) is 0 Å². The minimum Gasteiger partial charge on any atom is -0.480 e. The lowest BCUT2D eigenvalue weighted by Crippen LogP contribution is -2.32. The van der Waals surface area contributed by atoms with Crippen molar-refractivity contribution in [3.05, 3.63) is 68.6 Å². The molecule has 1 amide bonds. The van der Waals surface area contributed by atoms with E-state index in [4.69, 9.17) is 16.3 Å². The number of amides is 1. The predicted molar refractivity (Wildman–Crippen MR) is 121 cm³/mol. The number of hydrogen-bond acceptors (Lipinski definition) is 4. The van der Waals surface area contributed by atoms with Gasteiger partial charge in [0.1, 0.15) is 23.1 Å². The molecule has 0 saturated carbocycles. The minimum absolute atomic E-state index is 0.191. The number of benzene rings is 2. The molecule has 0 spiro atoms. The number of hydrogen-bond donors (Lipinski definition) is 1. The molecule has 1 N–H and O–H groups in total. The largest absolute Gasteiger partial charge is 0.480 e. The van der Waals surface area contributed by atoms with Crippen LogP contribution in [0.1, 0.15) is 41.5 Å². The van der Waals surface area contributed by atoms with E-state index in [1.165, 1.54) is 10.6 Å². The van der Waals surface area contributed by atoms with E-state index in [1.807, 2.05) is 0 Å². The van der Waals surface area contributed by atoms with Gasteiger partial charge in [0.15, 0.2) is 6.10 Å². The van der Waals surface area contributed by atoms with Crippen molar-refractivity contribution in [1.29, 1.82) is 0 Å². The third kappa shape index (κ3) is 4.90. The van der Waals surface area contributed by atoms with Crippen LogP contribution in [-0.4, -0.2) is 32.5 Å². The van der Waals surface area contributed by atoms with Crippen LogP contribution in [0.2, 0.25) is 5.02 Å². The van der Waals surface area contributed by atoms with Crippen molar-refractivity contribution in [3.8, 4) is 11.4 Å². The van der Waals surface area contributed by atoms with Crippen molar-refractivity contribution < 1.29 is 27.1 Å². The topological polar surface area (TPSA) is 78.2 Å². The van der Waals surface area contributed by atoms with Gasteiger partial charge in [-0.15, -0.1) is 5.10 Å². The number of carbonyl (C=O) groups excluding carboxylic acids is 1. The van der Waals surface area contributed by atoms with Crippen LogP contribution in [0.3, 0.4) is 0 Å². The van der Waals surface area contributed by atoms with E-state index in [-0.39, 0.29) is 10.7 Å². The van der Waals surface area contributed by atoms with Crippen LogP contribution >= 0.6 is 11.6 Å². The summed E-state index contributed by atoms with van der Waals surface area (Å²) in [6.45, 7) is 2.83. The number of alkyl halides is 3. The summed E-state index contributed by atoms with van der Waals surface area (Å²) < 4.78 is 62.2. The Morgan fingerprint density at radius 3 is 2.66 bits per heavy atom. The first-order valence-corrected chi connectivity index (χ1v) is 11.2. The number of ether oxygens (including phenoxy) is 1. The summed E-state index contributed by atoms with van der Waals surface area (Å²) >= 11 is 6.13. The normalized spacial score (nSPS) is 14.4. The number of para-hydroxylation sites is 1. The Bertz CT molecular complexity index is 1330. The molecular weight excluding hydrogens is 492 g/mol. The molecule has 2 aromatic carbocycles. The van der Waals surface area contributed by atoms with Crippen LogP contribution in [0.25, 0.3) is 5.69 Å². The molecule has 0 aliphatic carbocycles. The molecule has 0 saturated heterocycles. The SMILES string of the molecule is Cc1cccc(Cl)c1NC(=O)c1cc(F)c(-n2nc3n(c2=O)CCCC3)cc1O[C@@H](C)C(F)(F)F. The van der Waals surface area contributed by atoms with Crippen LogP contribution in [0.4, 0.5) is 23.2 Å². The molecule has 0 fully saturated rings. The maximum atomic E-state index is 15.2. The van der Waals surface area contributed by atoms with Crippen molar-refractivity contribution in [2.45, 2.75) is 51.9 Å². The molecule has 186 valence electrons. The second-order valence-corrected chi connectivity index (χ2v) is 8.61. The minimum atomic E-state index is -4.76. The molecule has 1 aliphatic heterocycles. The third-order valence-corrected chi connectivity index (χ3v) is 6.03. The van der Waals surface area contributed by atoms with Crippen molar-refractivity contribution in [1.82, 2.24) is 14.3 Å². The molecule has 7 nitrogen and oxygen atoms in total. The highest BCUT2D eigenvalue weighted by molar-refractivity contribution is 6.34. The van der Waals surface area contributed by atoms with Gasteiger partial charge in [0.2, 0.25) is 0 Å². The Morgan fingerprint density at radius 2 is 2.00 bits per heavy atom. The van der Waals surface area contributed by atoms with Crippen molar-refractivity contribution in [2.24, 2.45) is 0 Å². The Balaban J connectivity index is 1.81. The summed E-state index contributed by atoms with van der Waals surface area (Å²) in [6.07, 6.45) is -5.01. The average molecular weight is 513 g/mol. The smallest absolute Gasteiger partial charge is 0.425 e. The van der Waals surface area contributed by atoms with Gasteiger partial charge in [0.25, 0.3) is 5.91 Å². The van der Waals surface area contributed by atoms with E-state index in [2.05, 4.69) is 10.4 Å². The zero-order valence-electron chi connectivity index (χ0n) is 18.7. The average Bonchev–Trinajstić information content (AvgIpc) is 3.13. The Labute approximate surface area is 202 Å². The summed E-state index contributed by atoms with van der Waals surface area (Å²) in [5.74, 6) is -2.09. The highest BCUT2D eigenvalue weighted by Gasteiger charge is 2.39. The molecule has 4 rings (SSSR count). The lowest BCUT2D eigenvalue weighted by atomic mass is 10.1. The standard InChI is InChI=1S/C23H21ClF4N4O3/c1-12-6-5-7-15(24)20(12)29-21(33)14-10-16(25)17(11-18(14)35-13(2)23(26,27)28)32-22(34)31-9-4-3-8-19(31)30-32/h5-7,10-11,13H,3-4,8-9H2,1-2H3,(H,29,33)/t13-/m0/s1. The number of fused-ring (bicyclic) bond motifs is 1. The fourth-order valence-corrected chi connectivity index (χ4v) is 4.03. The second-order valence-electron chi connectivity index (χ2n) is 8.21. The van der Waals surface area contributed by atoms with E-state index < -0.39 is 46.7 Å². The lowest BCUT2D eigenvalue weighted by molar-refractivity contribution is -0.189. The highest BCUT2D eigenvalue weighted by Crippen LogP contribution is 2.32. The van der Waals surface area contributed by atoms with Crippen molar-refractivity contribution in [2.75, 3.05) is 5.32 Å². The van der Waals surface area contributed by atoms with Gasteiger partial charge in [0.05, 0.1) is 16.3 Å². The molecule has 12 heteroatoms. The summed E-state index contributed by atoms with van der Waals surface area (Å²) in [7, 11) is 0. The molecule has 35 heavy (non-hydrogen) atoms. The van der Waals surface area contributed by atoms with E-state index in [9.17, 15) is 22.8 Å². The maximum absolute atomic E-state index is 15.2. The van der Waals surface area contributed by atoms with E-state index in [0.717, 1.165) is 36.6 Å². The van der Waals surface area contributed by atoms with Gasteiger partial charge in [-0.1, -0.05) is 23.7 Å².